The Balaban J connectivity index is 3.57. The molecule has 36 valence electrons. The molecule has 0 aromatic carbocycles. The number of hydrogen-bond donors (Lipinski definition) is 0. The first-order valence-corrected chi connectivity index (χ1v) is 1.91. The molecule has 6 heavy (non-hydrogen) atoms. The molecular formula is NO4S-. The molecule has 1 unspecified atom stereocenters. The van der Waals surface area contributed by atoms with Gasteiger partial charge in [0.2, 0.25) is 0 Å². The van der Waals surface area contributed by atoms with E-state index >= 15 is 0 Å². The molecule has 0 aliphatic carbocycles. The second-order valence-electron chi connectivity index (χ2n) is 0.441. The highest BCUT2D eigenvalue weighted by atomic mass is 32.2. The highest BCUT2D eigenvalue weighted by molar-refractivity contribution is 7.72. The lowest BCUT2D eigenvalue weighted by molar-refractivity contribution is -0.306. The fourth-order valence-electron chi connectivity index (χ4n) is 0. The Labute approximate surface area is 35.5 Å². The number of rotatable bonds is 1. The Morgan fingerprint density at radius 3 is 1.83 bits per heavy atom. The van der Waals surface area contributed by atoms with E-state index in [2.05, 4.69) is 0 Å². The summed E-state index contributed by atoms with van der Waals surface area (Å²) < 4.78 is 16.6. The summed E-state index contributed by atoms with van der Waals surface area (Å²) >= 11 is -3.15. The van der Waals surface area contributed by atoms with Gasteiger partial charge in [0.1, 0.15) is 4.33 Å². The summed E-state index contributed by atoms with van der Waals surface area (Å²) in [6.45, 7) is 0. The molecular weight excluding hydrogens is 110 g/mol. The third-order valence-electron chi connectivity index (χ3n) is 0.122. The molecule has 6 heteroatoms. The van der Waals surface area contributed by atoms with E-state index in [0.717, 1.165) is 0 Å². The molecule has 5 nitrogen and oxygen atoms in total. The largest absolute Gasteiger partial charge is 0.712 e. The van der Waals surface area contributed by atoms with E-state index in [1.54, 1.807) is 0 Å². The van der Waals surface area contributed by atoms with Crippen molar-refractivity contribution in [2.24, 2.45) is 0 Å². The topological polar surface area (TPSA) is 83.3 Å². The Morgan fingerprint density at radius 1 is 1.67 bits per heavy atom. The maximum Gasteiger partial charge on any atom is 0.290 e. The van der Waals surface area contributed by atoms with E-state index in [1.165, 1.54) is 0 Å². The van der Waals surface area contributed by atoms with Gasteiger partial charge in [0.05, 0.1) is 0 Å². The molecule has 0 saturated carbocycles. The van der Waals surface area contributed by atoms with Crippen molar-refractivity contribution in [3.05, 3.63) is 10.1 Å². The van der Waals surface area contributed by atoms with E-state index in [9.17, 15) is 0 Å². The molecule has 0 rings (SSSR count). The Morgan fingerprint density at radius 2 is 1.83 bits per heavy atom. The second-order valence-corrected chi connectivity index (χ2v) is 1.17. The van der Waals surface area contributed by atoms with Crippen molar-refractivity contribution >= 4 is 11.3 Å². The minimum absolute atomic E-state index is 1.42. The van der Waals surface area contributed by atoms with Crippen LogP contribution in [-0.4, -0.2) is 13.1 Å². The normalized spacial score (nSPS) is 13.5. The van der Waals surface area contributed by atoms with Crippen LogP contribution in [0.15, 0.2) is 0 Å². The average Bonchev–Trinajstić information content (AvgIpc) is 1.36. The Hall–Kier alpha value is -0.490. The lowest BCUT2D eigenvalue weighted by Gasteiger charge is -1.85. The van der Waals surface area contributed by atoms with Crippen molar-refractivity contribution in [1.82, 2.24) is 0 Å². The van der Waals surface area contributed by atoms with Gasteiger partial charge in [-0.3, -0.25) is 0 Å². The summed E-state index contributed by atoms with van der Waals surface area (Å²) in [6.07, 6.45) is 0. The van der Waals surface area contributed by atoms with Gasteiger partial charge in [-0.15, -0.1) is 0 Å². The van der Waals surface area contributed by atoms with E-state index in [4.69, 9.17) is 18.9 Å². The minimum atomic E-state index is -3.15. The second kappa shape index (κ2) is 1.83. The summed E-state index contributed by atoms with van der Waals surface area (Å²) in [5.74, 6) is 0. The summed E-state index contributed by atoms with van der Waals surface area (Å²) in [4.78, 5) is 8.89. The predicted molar refractivity (Wildman–Crippen MR) is 15.9 cm³/mol. The molecule has 1 atom stereocenters. The zero-order chi connectivity index (χ0) is 5.15. The van der Waals surface area contributed by atoms with Crippen LogP contribution < -0.4 is 0 Å². The van der Waals surface area contributed by atoms with Gasteiger partial charge in [-0.05, 0) is 0 Å². The zero-order valence-corrected chi connectivity index (χ0v) is 3.30. The van der Waals surface area contributed by atoms with Crippen molar-refractivity contribution in [3.8, 4) is 0 Å². The molecule has 0 aromatic heterocycles. The fourth-order valence-corrected chi connectivity index (χ4v) is 0. The van der Waals surface area contributed by atoms with Gasteiger partial charge < -0.3 is 4.55 Å². The van der Waals surface area contributed by atoms with Crippen molar-refractivity contribution in [1.29, 1.82) is 0 Å². The third-order valence-corrected chi connectivity index (χ3v) is 0.365. The van der Waals surface area contributed by atoms with E-state index < -0.39 is 15.6 Å². The minimum Gasteiger partial charge on any atom is -0.712 e. The monoisotopic (exact) mass is 110 g/mol. The molecule has 0 aromatic rings. The average molecular weight is 110 g/mol. The molecule has 0 saturated heterocycles. The molecule has 0 bridgehead atoms. The Bertz CT molecular complexity index is 73.5. The van der Waals surface area contributed by atoms with Crippen molar-refractivity contribution in [2.75, 3.05) is 0 Å². The van der Waals surface area contributed by atoms with Gasteiger partial charge in [-0.25, -0.2) is 10.1 Å². The van der Waals surface area contributed by atoms with Crippen LogP contribution in [0, 0.1) is 10.1 Å². The van der Waals surface area contributed by atoms with Crippen LogP contribution in [0.1, 0.15) is 0 Å². The molecule has 0 aliphatic rings. The lowest BCUT2D eigenvalue weighted by Crippen LogP contribution is -1.99. The molecule has 0 heterocycles. The molecule has 0 spiro atoms. The molecule has 0 radical (unpaired) electrons. The zero-order valence-electron chi connectivity index (χ0n) is 2.49. The first kappa shape index (κ1) is 5.51. The van der Waals surface area contributed by atoms with Crippen LogP contribution >= 0.6 is 0 Å². The number of nitrogens with zero attached hydrogens (tertiary/aromatic N) is 1. The van der Waals surface area contributed by atoms with Crippen molar-refractivity contribution in [3.63, 3.8) is 0 Å². The van der Waals surface area contributed by atoms with Gasteiger partial charge in [0, 0.05) is 0 Å². The fraction of sp³-hybridized carbons (Fsp3) is 0. The molecule has 0 fully saturated rings. The summed E-state index contributed by atoms with van der Waals surface area (Å²) in [5.41, 5.74) is 0. The number of hydrogen-bond acceptors (Lipinski definition) is 4. The first-order valence-electron chi connectivity index (χ1n) is 0.881. The van der Waals surface area contributed by atoms with Crippen molar-refractivity contribution < 1.29 is 13.1 Å². The quantitative estimate of drug-likeness (QED) is 0.247. The standard InChI is InChI=1S/HNO4S/c2-1(3)6(4)5/h(H,4,5)/p-1. The summed E-state index contributed by atoms with van der Waals surface area (Å²) in [7, 11) is 0. The van der Waals surface area contributed by atoms with E-state index in [-0.39, 0.29) is 0 Å². The van der Waals surface area contributed by atoms with Crippen LogP contribution in [0.5, 0.6) is 0 Å². The maximum absolute atomic E-state index is 9.00. The van der Waals surface area contributed by atoms with E-state index in [1.807, 2.05) is 0 Å². The van der Waals surface area contributed by atoms with Gasteiger partial charge in [0.15, 0.2) is 0 Å². The van der Waals surface area contributed by atoms with Crippen LogP contribution in [0.4, 0.5) is 0 Å². The molecule has 0 aliphatic heterocycles. The number of nitro groups is 1. The van der Waals surface area contributed by atoms with Crippen LogP contribution in [0.2, 0.25) is 0 Å². The third kappa shape index (κ3) is 1.79. The van der Waals surface area contributed by atoms with Crippen LogP contribution in [-0.2, 0) is 11.3 Å². The van der Waals surface area contributed by atoms with Gasteiger partial charge in [-0.2, -0.15) is 4.21 Å². The smallest absolute Gasteiger partial charge is 0.290 e. The molecule has 0 N–H and O–H groups in total. The van der Waals surface area contributed by atoms with Crippen LogP contribution in [0.25, 0.3) is 0 Å². The maximum atomic E-state index is 9.00. The summed E-state index contributed by atoms with van der Waals surface area (Å²) in [6, 6.07) is 0. The van der Waals surface area contributed by atoms with Crippen molar-refractivity contribution in [2.45, 2.75) is 0 Å². The summed E-state index contributed by atoms with van der Waals surface area (Å²) in [5, 5.41) is 8.89. The SMILES string of the molecule is O=[N+]([O-])S(=O)[O-]. The first-order chi connectivity index (χ1) is 2.64. The molecule has 0 amide bonds. The van der Waals surface area contributed by atoms with E-state index in [0.29, 0.717) is 0 Å². The van der Waals surface area contributed by atoms with Gasteiger partial charge >= 0.3 is 0 Å². The van der Waals surface area contributed by atoms with Gasteiger partial charge in [0.25, 0.3) is 11.3 Å². The lowest BCUT2D eigenvalue weighted by atomic mass is 13.4. The highest BCUT2D eigenvalue weighted by Gasteiger charge is 1.87. The van der Waals surface area contributed by atoms with Gasteiger partial charge in [-0.1, -0.05) is 0 Å². The Kier molecular flexibility index (Phi) is 1.68. The predicted octanol–water partition coefficient (Wildman–Crippen LogP) is -0.943. The highest BCUT2D eigenvalue weighted by Crippen LogP contribution is 1.67. The van der Waals surface area contributed by atoms with Crippen LogP contribution in [0.3, 0.4) is 0 Å².